The largest absolute Gasteiger partial charge is 0.359 e. The number of carbonyl (C=O) groups is 1. The van der Waals surface area contributed by atoms with Crippen molar-refractivity contribution in [3.05, 3.63) is 11.5 Å². The molecule has 20 heavy (non-hydrogen) atoms. The van der Waals surface area contributed by atoms with Gasteiger partial charge in [-0.3, -0.25) is 9.48 Å². The highest BCUT2D eigenvalue weighted by molar-refractivity contribution is 6.20. The summed E-state index contributed by atoms with van der Waals surface area (Å²) in [5.74, 6) is 0.783. The molecule has 0 aromatic carbocycles. The van der Waals surface area contributed by atoms with Gasteiger partial charge in [-0.05, 0) is 13.3 Å². The molecule has 0 radical (unpaired) electrons. The fourth-order valence-electron chi connectivity index (χ4n) is 2.36. The highest BCUT2D eigenvalue weighted by Crippen LogP contribution is 2.26. The van der Waals surface area contributed by atoms with Gasteiger partial charge in [-0.25, -0.2) is 4.98 Å². The molecule has 6 nitrogen and oxygen atoms in total. The first-order valence-corrected chi connectivity index (χ1v) is 7.19. The van der Waals surface area contributed by atoms with Gasteiger partial charge in [0, 0.05) is 27.1 Å². The van der Waals surface area contributed by atoms with Crippen LogP contribution in [0.2, 0.25) is 0 Å². The van der Waals surface area contributed by atoms with Crippen LogP contribution in [0, 0.1) is 0 Å². The Hall–Kier alpha value is -1.56. The van der Waals surface area contributed by atoms with Crippen LogP contribution in [0.3, 0.4) is 0 Å². The number of amides is 1. The zero-order chi connectivity index (χ0) is 14.9. The molecule has 0 aliphatic rings. The Kier molecular flexibility index (Phi) is 4.32. The van der Waals surface area contributed by atoms with Crippen molar-refractivity contribution in [2.24, 2.45) is 7.05 Å². The van der Waals surface area contributed by atoms with Gasteiger partial charge in [0.05, 0.1) is 11.1 Å². The third-order valence-corrected chi connectivity index (χ3v) is 3.55. The smallest absolute Gasteiger partial charge is 0.221 e. The van der Waals surface area contributed by atoms with Crippen molar-refractivity contribution >= 4 is 28.7 Å². The number of fused-ring (bicyclic) bond motifs is 1. The predicted molar refractivity (Wildman–Crippen MR) is 78.8 cm³/mol. The summed E-state index contributed by atoms with van der Waals surface area (Å²) in [6, 6.07) is 0. The first kappa shape index (κ1) is 14.8. The number of hydrogen-bond donors (Lipinski definition) is 1. The fraction of sp³-hybridized carbons (Fsp3) is 0.615. The first-order chi connectivity index (χ1) is 9.49. The third kappa shape index (κ3) is 2.52. The summed E-state index contributed by atoms with van der Waals surface area (Å²) in [4.78, 5) is 16.1. The Morgan fingerprint density at radius 1 is 1.50 bits per heavy atom. The fourth-order valence-corrected chi connectivity index (χ4v) is 2.53. The number of halogens is 1. The maximum Gasteiger partial charge on any atom is 0.221 e. The minimum atomic E-state index is -0.211. The van der Waals surface area contributed by atoms with Crippen LogP contribution in [0.5, 0.6) is 0 Å². The van der Waals surface area contributed by atoms with Crippen molar-refractivity contribution in [2.45, 2.75) is 38.6 Å². The lowest BCUT2D eigenvalue weighted by molar-refractivity contribution is -0.120. The van der Waals surface area contributed by atoms with Gasteiger partial charge < -0.3 is 9.88 Å². The Balaban J connectivity index is 2.50. The molecule has 110 valence electrons. The maximum absolute atomic E-state index is 11.5. The molecule has 2 heterocycles. The van der Waals surface area contributed by atoms with Gasteiger partial charge in [-0.1, -0.05) is 6.92 Å². The molecule has 0 aliphatic carbocycles. The molecule has 0 aliphatic heterocycles. The zero-order valence-corrected chi connectivity index (χ0v) is 13.0. The van der Waals surface area contributed by atoms with E-state index in [1.807, 2.05) is 23.2 Å². The lowest BCUT2D eigenvalue weighted by atomic mass is 10.3. The van der Waals surface area contributed by atoms with E-state index in [1.54, 1.807) is 7.05 Å². The average Bonchev–Trinajstić information content (AvgIpc) is 2.94. The van der Waals surface area contributed by atoms with Crippen molar-refractivity contribution in [3.8, 4) is 0 Å². The Morgan fingerprint density at radius 2 is 2.20 bits per heavy atom. The van der Waals surface area contributed by atoms with Gasteiger partial charge >= 0.3 is 0 Å². The van der Waals surface area contributed by atoms with Crippen LogP contribution in [0.15, 0.2) is 0 Å². The van der Waals surface area contributed by atoms with Crippen molar-refractivity contribution in [2.75, 3.05) is 7.05 Å². The molecule has 1 unspecified atom stereocenters. The Labute approximate surface area is 123 Å². The highest BCUT2D eigenvalue weighted by Gasteiger charge is 2.21. The topological polar surface area (TPSA) is 64.7 Å². The maximum atomic E-state index is 11.5. The molecule has 1 N–H and O–H groups in total. The van der Waals surface area contributed by atoms with Gasteiger partial charge in [0.25, 0.3) is 0 Å². The lowest BCUT2D eigenvalue weighted by Gasteiger charge is -2.10. The molecule has 1 atom stereocenters. The first-order valence-electron chi connectivity index (χ1n) is 6.76. The van der Waals surface area contributed by atoms with Crippen LogP contribution in [0.25, 0.3) is 11.2 Å². The average molecular weight is 298 g/mol. The van der Waals surface area contributed by atoms with Crippen molar-refractivity contribution in [3.63, 3.8) is 0 Å². The van der Waals surface area contributed by atoms with Gasteiger partial charge in [0.1, 0.15) is 11.3 Å². The summed E-state index contributed by atoms with van der Waals surface area (Å²) in [5, 5.41) is 6.88. The minimum Gasteiger partial charge on any atom is -0.359 e. The van der Waals surface area contributed by atoms with E-state index in [-0.39, 0.29) is 11.3 Å². The zero-order valence-electron chi connectivity index (χ0n) is 12.3. The number of nitrogens with one attached hydrogen (secondary N) is 1. The van der Waals surface area contributed by atoms with Crippen LogP contribution >= 0.6 is 11.6 Å². The van der Waals surface area contributed by atoms with Crippen molar-refractivity contribution in [1.29, 1.82) is 0 Å². The molecular weight excluding hydrogens is 278 g/mol. The van der Waals surface area contributed by atoms with Crippen LogP contribution in [-0.4, -0.2) is 32.3 Å². The van der Waals surface area contributed by atoms with E-state index in [9.17, 15) is 4.79 Å². The summed E-state index contributed by atoms with van der Waals surface area (Å²) in [5.41, 5.74) is 2.77. The molecule has 7 heteroatoms. The molecule has 0 fully saturated rings. The minimum absolute atomic E-state index is 0.00194. The molecule has 0 spiro atoms. The second kappa shape index (κ2) is 5.83. The highest BCUT2D eigenvalue weighted by atomic mass is 35.5. The van der Waals surface area contributed by atoms with E-state index in [0.717, 1.165) is 29.1 Å². The molecule has 1 amide bonds. The van der Waals surface area contributed by atoms with Crippen LogP contribution in [0.1, 0.15) is 37.2 Å². The number of carbonyl (C=O) groups excluding carboxylic acids is 1. The summed E-state index contributed by atoms with van der Waals surface area (Å²) in [6.45, 7) is 4.48. The van der Waals surface area contributed by atoms with Gasteiger partial charge in [-0.15, -0.1) is 11.6 Å². The van der Waals surface area contributed by atoms with Crippen LogP contribution < -0.4 is 5.32 Å². The summed E-state index contributed by atoms with van der Waals surface area (Å²) in [6.07, 6.45) is 1.21. The Morgan fingerprint density at radius 3 is 2.75 bits per heavy atom. The number of alkyl halides is 1. The number of rotatable bonds is 5. The van der Waals surface area contributed by atoms with Crippen molar-refractivity contribution in [1.82, 2.24) is 24.6 Å². The number of aromatic nitrogens is 4. The summed E-state index contributed by atoms with van der Waals surface area (Å²) >= 11 is 6.22. The Bertz CT molecular complexity index is 628. The lowest BCUT2D eigenvalue weighted by Crippen LogP contribution is -2.20. The number of nitrogens with zero attached hydrogens (tertiary/aromatic N) is 4. The van der Waals surface area contributed by atoms with Crippen molar-refractivity contribution < 1.29 is 4.79 Å². The molecule has 0 saturated heterocycles. The summed E-state index contributed by atoms with van der Waals surface area (Å²) in [7, 11) is 3.53. The van der Waals surface area contributed by atoms with E-state index in [2.05, 4.69) is 22.3 Å². The van der Waals surface area contributed by atoms with Crippen LogP contribution in [0.4, 0.5) is 0 Å². The second-order valence-corrected chi connectivity index (χ2v) is 5.41. The van der Waals surface area contributed by atoms with Gasteiger partial charge in [-0.2, -0.15) is 5.10 Å². The molecular formula is C13H20ClN5O. The predicted octanol–water partition coefficient (Wildman–Crippen LogP) is 1.77. The van der Waals surface area contributed by atoms with E-state index in [0.29, 0.717) is 13.0 Å². The molecule has 2 aromatic heterocycles. The van der Waals surface area contributed by atoms with Gasteiger partial charge in [0.15, 0.2) is 5.65 Å². The number of hydrogen-bond acceptors (Lipinski definition) is 3. The normalized spacial score (nSPS) is 12.8. The third-order valence-electron chi connectivity index (χ3n) is 3.35. The van der Waals surface area contributed by atoms with Crippen LogP contribution in [-0.2, 0) is 24.8 Å². The molecule has 0 bridgehead atoms. The summed E-state index contributed by atoms with van der Waals surface area (Å²) < 4.78 is 3.81. The van der Waals surface area contributed by atoms with E-state index < -0.39 is 0 Å². The SMILES string of the molecule is CCc1nn(C)c2c1nc(C(C)Cl)n2CCC(=O)NC. The van der Waals surface area contributed by atoms with Gasteiger partial charge in [0.2, 0.25) is 5.91 Å². The van der Waals surface area contributed by atoms with E-state index in [4.69, 9.17) is 11.6 Å². The number of imidazole rings is 1. The molecule has 2 aromatic rings. The quantitative estimate of drug-likeness (QED) is 0.856. The van der Waals surface area contributed by atoms with E-state index in [1.165, 1.54) is 0 Å². The second-order valence-electron chi connectivity index (χ2n) is 4.76. The monoisotopic (exact) mass is 297 g/mol. The molecule has 2 rings (SSSR count). The number of aryl methyl sites for hydroxylation is 3. The van der Waals surface area contributed by atoms with E-state index >= 15 is 0 Å². The molecule has 0 saturated carbocycles. The standard InChI is InChI=1S/C13H20ClN5O/c1-5-9-11-13(18(4)17-9)19(7-6-10(20)15-3)12(16-11)8(2)14/h8H,5-7H2,1-4H3,(H,15,20).